The molecular weight excluding hydrogens is 276 g/mol. The van der Waals surface area contributed by atoms with E-state index < -0.39 is 11.6 Å². The van der Waals surface area contributed by atoms with Crippen LogP contribution in [0.4, 0.5) is 14.5 Å². The molecule has 0 bridgehead atoms. The number of nitrogens with zero attached hydrogens (tertiary/aromatic N) is 2. The van der Waals surface area contributed by atoms with Gasteiger partial charge in [-0.05, 0) is 42.5 Å². The fraction of sp³-hybridized carbons (Fsp3) is 0.0667. The molecule has 4 nitrogen and oxygen atoms in total. The van der Waals surface area contributed by atoms with Crippen LogP contribution in [0.15, 0.2) is 53.3 Å². The van der Waals surface area contributed by atoms with Crippen LogP contribution in [0.3, 0.4) is 0 Å². The van der Waals surface area contributed by atoms with Crippen LogP contribution in [0, 0.1) is 11.6 Å². The lowest BCUT2D eigenvalue weighted by molar-refractivity contribution is 0.568. The molecule has 3 aromatic rings. The monoisotopic (exact) mass is 287 g/mol. The van der Waals surface area contributed by atoms with Crippen LogP contribution in [0.5, 0.6) is 0 Å². The highest BCUT2D eigenvalue weighted by Crippen LogP contribution is 2.19. The highest BCUT2D eigenvalue weighted by atomic mass is 19.1. The normalized spacial score (nSPS) is 10.6. The molecule has 2 aromatic carbocycles. The van der Waals surface area contributed by atoms with E-state index >= 15 is 0 Å². The number of hydrogen-bond acceptors (Lipinski definition) is 4. The molecule has 3 rings (SSSR count). The number of aromatic nitrogens is 2. The molecule has 0 unspecified atom stereocenters. The van der Waals surface area contributed by atoms with E-state index in [4.69, 9.17) is 4.42 Å². The van der Waals surface area contributed by atoms with Crippen molar-refractivity contribution < 1.29 is 13.2 Å². The zero-order valence-corrected chi connectivity index (χ0v) is 10.9. The molecular formula is C15H11F2N3O. The van der Waals surface area contributed by atoms with Crippen molar-refractivity contribution in [2.45, 2.75) is 6.54 Å². The average Bonchev–Trinajstić information content (AvgIpc) is 3.03. The summed E-state index contributed by atoms with van der Waals surface area (Å²) in [7, 11) is 0. The van der Waals surface area contributed by atoms with Crippen molar-refractivity contribution in [3.63, 3.8) is 0 Å². The van der Waals surface area contributed by atoms with Crippen LogP contribution in [0.1, 0.15) is 5.56 Å². The van der Waals surface area contributed by atoms with Crippen LogP contribution in [-0.4, -0.2) is 10.2 Å². The van der Waals surface area contributed by atoms with Crippen LogP contribution < -0.4 is 5.32 Å². The van der Waals surface area contributed by atoms with Crippen molar-refractivity contribution >= 4 is 5.69 Å². The summed E-state index contributed by atoms with van der Waals surface area (Å²) in [6.45, 7) is 0.198. The fourth-order valence-corrected chi connectivity index (χ4v) is 1.91. The third-order valence-electron chi connectivity index (χ3n) is 2.98. The van der Waals surface area contributed by atoms with Crippen LogP contribution in [-0.2, 0) is 6.54 Å². The molecule has 0 spiro atoms. The Morgan fingerprint density at radius 1 is 1.05 bits per heavy atom. The molecule has 0 radical (unpaired) electrons. The minimum Gasteiger partial charge on any atom is -0.423 e. The third kappa shape index (κ3) is 3.05. The predicted octanol–water partition coefficient (Wildman–Crippen LogP) is 3.63. The van der Waals surface area contributed by atoms with E-state index in [1.165, 1.54) is 12.5 Å². The lowest BCUT2D eigenvalue weighted by Gasteiger charge is -2.08. The minimum atomic E-state index is -0.458. The Hall–Kier alpha value is -2.76. The first-order valence-corrected chi connectivity index (χ1v) is 6.27. The Kier molecular flexibility index (Phi) is 3.59. The molecule has 0 aliphatic carbocycles. The van der Waals surface area contributed by atoms with Crippen molar-refractivity contribution in [3.05, 3.63) is 66.1 Å². The number of hydrogen-bond donors (Lipinski definition) is 1. The van der Waals surface area contributed by atoms with Gasteiger partial charge in [-0.25, -0.2) is 8.78 Å². The van der Waals surface area contributed by atoms with Gasteiger partial charge in [0.1, 0.15) is 11.6 Å². The number of halogens is 2. The molecule has 0 saturated heterocycles. The third-order valence-corrected chi connectivity index (χ3v) is 2.98. The van der Waals surface area contributed by atoms with Crippen molar-refractivity contribution in [3.8, 4) is 11.5 Å². The van der Waals surface area contributed by atoms with Crippen molar-refractivity contribution in [2.24, 2.45) is 0 Å². The molecule has 0 saturated carbocycles. The lowest BCUT2D eigenvalue weighted by Crippen LogP contribution is -2.02. The van der Waals surface area contributed by atoms with Gasteiger partial charge >= 0.3 is 0 Å². The number of benzene rings is 2. The van der Waals surface area contributed by atoms with Gasteiger partial charge in [0.05, 0.1) is 0 Å². The summed E-state index contributed by atoms with van der Waals surface area (Å²) in [5.74, 6) is -0.468. The molecule has 21 heavy (non-hydrogen) atoms. The first-order valence-electron chi connectivity index (χ1n) is 6.27. The standard InChI is InChI=1S/C15H11F2N3O/c16-12-3-6-14(17)11(7-12)8-18-13-4-1-10(2-5-13)15-20-19-9-21-15/h1-7,9,18H,8H2. The van der Waals surface area contributed by atoms with E-state index in [1.54, 1.807) is 24.3 Å². The Morgan fingerprint density at radius 3 is 2.57 bits per heavy atom. The quantitative estimate of drug-likeness (QED) is 0.796. The summed E-state index contributed by atoms with van der Waals surface area (Å²) < 4.78 is 31.6. The van der Waals surface area contributed by atoms with E-state index in [2.05, 4.69) is 15.5 Å². The van der Waals surface area contributed by atoms with Gasteiger partial charge in [0, 0.05) is 23.4 Å². The summed E-state index contributed by atoms with van der Waals surface area (Å²) in [5.41, 5.74) is 1.84. The van der Waals surface area contributed by atoms with Crippen molar-refractivity contribution in [2.75, 3.05) is 5.32 Å². The SMILES string of the molecule is Fc1ccc(F)c(CNc2ccc(-c3nnco3)cc2)c1. The molecule has 106 valence electrons. The molecule has 1 heterocycles. The van der Waals surface area contributed by atoms with Gasteiger partial charge in [-0.2, -0.15) is 0 Å². The topological polar surface area (TPSA) is 51.0 Å². The maximum Gasteiger partial charge on any atom is 0.247 e. The Morgan fingerprint density at radius 2 is 1.86 bits per heavy atom. The molecule has 6 heteroatoms. The predicted molar refractivity (Wildman–Crippen MR) is 73.4 cm³/mol. The number of nitrogens with one attached hydrogen (secondary N) is 1. The van der Waals surface area contributed by atoms with E-state index in [1.807, 2.05) is 0 Å². The van der Waals surface area contributed by atoms with Gasteiger partial charge in [0.2, 0.25) is 12.3 Å². The Bertz CT molecular complexity index is 727. The molecule has 1 N–H and O–H groups in total. The van der Waals surface area contributed by atoms with Gasteiger partial charge in [0.15, 0.2) is 0 Å². The van der Waals surface area contributed by atoms with Gasteiger partial charge in [-0.3, -0.25) is 0 Å². The second kappa shape index (κ2) is 5.70. The smallest absolute Gasteiger partial charge is 0.247 e. The first-order chi connectivity index (χ1) is 10.2. The highest BCUT2D eigenvalue weighted by molar-refractivity contribution is 5.58. The summed E-state index contributed by atoms with van der Waals surface area (Å²) in [6.07, 6.45) is 1.26. The summed E-state index contributed by atoms with van der Waals surface area (Å²) in [5, 5.41) is 10.4. The van der Waals surface area contributed by atoms with Crippen LogP contribution in [0.25, 0.3) is 11.5 Å². The maximum absolute atomic E-state index is 13.5. The molecule has 0 fully saturated rings. The van der Waals surface area contributed by atoms with Gasteiger partial charge in [0.25, 0.3) is 0 Å². The van der Waals surface area contributed by atoms with Gasteiger partial charge in [-0.1, -0.05) is 0 Å². The highest BCUT2D eigenvalue weighted by Gasteiger charge is 2.05. The van der Waals surface area contributed by atoms with E-state index in [0.717, 1.165) is 23.4 Å². The van der Waals surface area contributed by atoms with Crippen LogP contribution >= 0.6 is 0 Å². The maximum atomic E-state index is 13.5. The lowest BCUT2D eigenvalue weighted by atomic mass is 10.2. The summed E-state index contributed by atoms with van der Waals surface area (Å²) >= 11 is 0. The van der Waals surface area contributed by atoms with Gasteiger partial charge < -0.3 is 9.73 Å². The zero-order valence-electron chi connectivity index (χ0n) is 10.9. The van der Waals surface area contributed by atoms with Crippen LogP contribution in [0.2, 0.25) is 0 Å². The van der Waals surface area contributed by atoms with E-state index in [-0.39, 0.29) is 12.1 Å². The van der Waals surface area contributed by atoms with E-state index in [0.29, 0.717) is 5.89 Å². The largest absolute Gasteiger partial charge is 0.423 e. The Labute approximate surface area is 119 Å². The molecule has 0 amide bonds. The molecule has 0 atom stereocenters. The first kappa shape index (κ1) is 13.2. The number of rotatable bonds is 4. The van der Waals surface area contributed by atoms with Crippen molar-refractivity contribution in [1.29, 1.82) is 0 Å². The molecule has 0 aliphatic rings. The van der Waals surface area contributed by atoms with Gasteiger partial charge in [-0.15, -0.1) is 10.2 Å². The molecule has 1 aromatic heterocycles. The summed E-state index contributed by atoms with van der Waals surface area (Å²) in [4.78, 5) is 0. The van der Waals surface area contributed by atoms with Crippen molar-refractivity contribution in [1.82, 2.24) is 10.2 Å². The fourth-order valence-electron chi connectivity index (χ4n) is 1.91. The Balaban J connectivity index is 1.70. The summed E-state index contributed by atoms with van der Waals surface area (Å²) in [6, 6.07) is 10.6. The van der Waals surface area contributed by atoms with E-state index in [9.17, 15) is 8.78 Å². The second-order valence-electron chi connectivity index (χ2n) is 4.41. The molecule has 0 aliphatic heterocycles. The zero-order chi connectivity index (χ0) is 14.7. The average molecular weight is 287 g/mol. The number of anilines is 1. The second-order valence-corrected chi connectivity index (χ2v) is 4.41. The minimum absolute atomic E-state index is 0.198.